The molecule has 112 valence electrons. The molecule has 7 heteroatoms. The number of nitrogens with zero attached hydrogens (tertiary/aromatic N) is 1. The monoisotopic (exact) mass is 355 g/mol. The second kappa shape index (κ2) is 6.41. The van der Waals surface area contributed by atoms with Crippen molar-refractivity contribution in [3.63, 3.8) is 0 Å². The summed E-state index contributed by atoms with van der Waals surface area (Å²) in [6.07, 6.45) is 3.60. The number of benzene rings is 1. The molecule has 1 fully saturated rings. The zero-order valence-corrected chi connectivity index (χ0v) is 14.2. The van der Waals surface area contributed by atoms with Crippen LogP contribution in [0.2, 0.25) is 15.1 Å². The molecule has 0 aromatic heterocycles. The first-order chi connectivity index (χ1) is 9.39. The highest BCUT2D eigenvalue weighted by atomic mass is 35.5. The molecule has 1 atom stereocenters. The Balaban J connectivity index is 2.47. The zero-order valence-electron chi connectivity index (χ0n) is 11.1. The maximum Gasteiger partial charge on any atom is 0.244 e. The van der Waals surface area contributed by atoms with Gasteiger partial charge in [0.2, 0.25) is 10.0 Å². The molecule has 1 aromatic carbocycles. The van der Waals surface area contributed by atoms with Crippen LogP contribution in [0.25, 0.3) is 0 Å². The van der Waals surface area contributed by atoms with Gasteiger partial charge >= 0.3 is 0 Å². The summed E-state index contributed by atoms with van der Waals surface area (Å²) in [5.41, 5.74) is 0. The number of rotatable bonds is 3. The van der Waals surface area contributed by atoms with Crippen molar-refractivity contribution in [2.24, 2.45) is 0 Å². The van der Waals surface area contributed by atoms with Crippen molar-refractivity contribution in [2.45, 2.75) is 43.5 Å². The van der Waals surface area contributed by atoms with Crippen molar-refractivity contribution < 1.29 is 8.42 Å². The van der Waals surface area contributed by atoms with E-state index in [4.69, 9.17) is 34.8 Å². The topological polar surface area (TPSA) is 37.4 Å². The van der Waals surface area contributed by atoms with Crippen LogP contribution in [0, 0.1) is 0 Å². The summed E-state index contributed by atoms with van der Waals surface area (Å²) in [7, 11) is -3.63. The molecule has 1 aliphatic rings. The van der Waals surface area contributed by atoms with E-state index in [9.17, 15) is 8.42 Å². The van der Waals surface area contributed by atoms with Crippen molar-refractivity contribution in [1.29, 1.82) is 0 Å². The van der Waals surface area contributed by atoms with E-state index in [1.165, 1.54) is 12.1 Å². The fraction of sp³-hybridized carbons (Fsp3) is 0.538. The lowest BCUT2D eigenvalue weighted by Gasteiger charge is -2.34. The first kappa shape index (κ1) is 16.4. The summed E-state index contributed by atoms with van der Waals surface area (Å²) in [5, 5.41) is 0.334. The first-order valence-electron chi connectivity index (χ1n) is 6.55. The molecule has 3 nitrogen and oxygen atoms in total. The van der Waals surface area contributed by atoms with Crippen molar-refractivity contribution in [2.75, 3.05) is 6.54 Å². The molecule has 1 aliphatic heterocycles. The van der Waals surface area contributed by atoms with E-state index >= 15 is 0 Å². The molecule has 0 unspecified atom stereocenters. The molecule has 0 saturated carbocycles. The number of piperidine rings is 1. The van der Waals surface area contributed by atoms with E-state index in [-0.39, 0.29) is 26.0 Å². The third-order valence-electron chi connectivity index (χ3n) is 3.63. The number of sulfonamides is 1. The predicted octanol–water partition coefficient (Wildman–Crippen LogP) is 4.60. The summed E-state index contributed by atoms with van der Waals surface area (Å²) in [4.78, 5) is 0.0360. The van der Waals surface area contributed by atoms with Gasteiger partial charge in [-0.15, -0.1) is 0 Å². The van der Waals surface area contributed by atoms with Gasteiger partial charge in [0, 0.05) is 12.6 Å². The lowest BCUT2D eigenvalue weighted by molar-refractivity contribution is 0.246. The first-order valence-corrected chi connectivity index (χ1v) is 9.12. The van der Waals surface area contributed by atoms with E-state index in [2.05, 4.69) is 0 Å². The highest BCUT2D eigenvalue weighted by molar-refractivity contribution is 7.89. The normalized spacial score (nSPS) is 21.1. The molecule has 2 rings (SSSR count). The van der Waals surface area contributed by atoms with E-state index in [0.29, 0.717) is 6.54 Å². The third kappa shape index (κ3) is 2.95. The van der Waals surface area contributed by atoms with E-state index in [1.807, 2.05) is 6.92 Å². The Bertz CT molecular complexity index is 604. The summed E-state index contributed by atoms with van der Waals surface area (Å²) < 4.78 is 27.1. The van der Waals surface area contributed by atoms with Gasteiger partial charge in [0.15, 0.2) is 0 Å². The molecule has 0 bridgehead atoms. The van der Waals surface area contributed by atoms with Crippen LogP contribution in [0.5, 0.6) is 0 Å². The van der Waals surface area contributed by atoms with Gasteiger partial charge in [0.25, 0.3) is 0 Å². The van der Waals surface area contributed by atoms with Crippen LogP contribution in [-0.4, -0.2) is 25.3 Å². The highest BCUT2D eigenvalue weighted by Crippen LogP contribution is 2.37. The summed E-state index contributed by atoms with van der Waals surface area (Å²) in [6, 6.07) is 2.92. The Morgan fingerprint density at radius 1 is 1.20 bits per heavy atom. The van der Waals surface area contributed by atoms with E-state index < -0.39 is 10.0 Å². The van der Waals surface area contributed by atoms with Gasteiger partial charge in [-0.05, 0) is 31.4 Å². The van der Waals surface area contributed by atoms with Crippen molar-refractivity contribution in [3.8, 4) is 0 Å². The minimum atomic E-state index is -3.63. The quantitative estimate of drug-likeness (QED) is 0.742. The van der Waals surface area contributed by atoms with Crippen LogP contribution < -0.4 is 0 Å². The smallest absolute Gasteiger partial charge is 0.207 e. The van der Waals surface area contributed by atoms with Crippen LogP contribution >= 0.6 is 34.8 Å². The largest absolute Gasteiger partial charge is 0.244 e. The summed E-state index contributed by atoms with van der Waals surface area (Å²) in [5.74, 6) is 0. The number of hydrogen-bond acceptors (Lipinski definition) is 2. The standard InChI is InChI=1S/C13H16Cl3NO2S/c1-2-9-5-3-4-8-17(9)20(18,19)11-7-6-10(14)12(15)13(11)16/h6-7,9H,2-5,8H2,1H3/t9-/m1/s1. The highest BCUT2D eigenvalue weighted by Gasteiger charge is 2.34. The Morgan fingerprint density at radius 3 is 2.55 bits per heavy atom. The van der Waals surface area contributed by atoms with Gasteiger partial charge in [0.05, 0.1) is 15.1 Å². The second-order valence-electron chi connectivity index (χ2n) is 4.85. The molecular formula is C13H16Cl3NO2S. The lowest BCUT2D eigenvalue weighted by Crippen LogP contribution is -2.43. The summed E-state index contributed by atoms with van der Waals surface area (Å²) >= 11 is 17.9. The van der Waals surface area contributed by atoms with Gasteiger partial charge in [-0.1, -0.05) is 48.1 Å². The van der Waals surface area contributed by atoms with E-state index in [1.54, 1.807) is 4.31 Å². The van der Waals surface area contributed by atoms with Crippen molar-refractivity contribution in [3.05, 3.63) is 27.2 Å². The molecule has 0 radical (unpaired) electrons. The van der Waals surface area contributed by atoms with Gasteiger partial charge in [0.1, 0.15) is 4.90 Å². The van der Waals surface area contributed by atoms with E-state index in [0.717, 1.165) is 25.7 Å². The minimum absolute atomic E-state index is 0.000377. The molecule has 1 aromatic rings. The average molecular weight is 357 g/mol. The fourth-order valence-corrected chi connectivity index (χ4v) is 5.25. The van der Waals surface area contributed by atoms with Crippen LogP contribution in [0.4, 0.5) is 0 Å². The SMILES string of the molecule is CC[C@@H]1CCCCN1S(=O)(=O)c1ccc(Cl)c(Cl)c1Cl. The van der Waals surface area contributed by atoms with Crippen LogP contribution in [0.3, 0.4) is 0 Å². The van der Waals surface area contributed by atoms with Gasteiger partial charge in [-0.3, -0.25) is 0 Å². The average Bonchev–Trinajstić information content (AvgIpc) is 2.44. The number of hydrogen-bond donors (Lipinski definition) is 0. The van der Waals surface area contributed by atoms with Crippen LogP contribution in [-0.2, 0) is 10.0 Å². The third-order valence-corrected chi connectivity index (χ3v) is 7.03. The maximum absolute atomic E-state index is 12.8. The Kier molecular flexibility index (Phi) is 5.24. The molecular weight excluding hydrogens is 341 g/mol. The van der Waals surface area contributed by atoms with Gasteiger partial charge in [-0.2, -0.15) is 4.31 Å². The van der Waals surface area contributed by atoms with Gasteiger partial charge in [-0.25, -0.2) is 8.42 Å². The Hall–Kier alpha value is -0.000000000000000167. The molecule has 0 amide bonds. The van der Waals surface area contributed by atoms with Gasteiger partial charge < -0.3 is 0 Å². The summed E-state index contributed by atoms with van der Waals surface area (Å²) in [6.45, 7) is 2.52. The molecule has 0 spiro atoms. The Labute approximate surface area is 134 Å². The maximum atomic E-state index is 12.8. The van der Waals surface area contributed by atoms with Crippen molar-refractivity contribution >= 4 is 44.8 Å². The predicted molar refractivity (Wildman–Crippen MR) is 83.3 cm³/mol. The zero-order chi connectivity index (χ0) is 14.9. The molecule has 0 N–H and O–H groups in total. The fourth-order valence-electron chi connectivity index (χ4n) is 2.53. The second-order valence-corrected chi connectivity index (χ2v) is 7.87. The van der Waals surface area contributed by atoms with Crippen LogP contribution in [0.15, 0.2) is 17.0 Å². The van der Waals surface area contributed by atoms with Crippen molar-refractivity contribution in [1.82, 2.24) is 4.31 Å². The molecule has 0 aliphatic carbocycles. The molecule has 1 heterocycles. The molecule has 20 heavy (non-hydrogen) atoms. The Morgan fingerprint density at radius 2 is 1.90 bits per heavy atom. The lowest BCUT2D eigenvalue weighted by atomic mass is 10.0. The minimum Gasteiger partial charge on any atom is -0.207 e. The molecule has 1 saturated heterocycles. The number of halogens is 3. The van der Waals surface area contributed by atoms with Crippen LogP contribution in [0.1, 0.15) is 32.6 Å².